The Morgan fingerprint density at radius 3 is 2.76 bits per heavy atom. The van der Waals surface area contributed by atoms with Crippen molar-refractivity contribution in [3.05, 3.63) is 42.1 Å². The van der Waals surface area contributed by atoms with Gasteiger partial charge in [0.2, 0.25) is 0 Å². The van der Waals surface area contributed by atoms with E-state index < -0.39 is 11.9 Å². The van der Waals surface area contributed by atoms with Gasteiger partial charge in [-0.1, -0.05) is 0 Å². The summed E-state index contributed by atoms with van der Waals surface area (Å²) >= 11 is 0. The molecule has 0 bridgehead atoms. The molecule has 0 fully saturated rings. The Balaban J connectivity index is 2.34. The molecule has 108 valence electrons. The van der Waals surface area contributed by atoms with Crippen molar-refractivity contribution >= 4 is 11.2 Å². The van der Waals surface area contributed by atoms with Gasteiger partial charge in [0.15, 0.2) is 5.69 Å². The molecule has 3 heterocycles. The number of halogens is 3. The number of alkyl halides is 3. The van der Waals surface area contributed by atoms with Crippen LogP contribution in [0.5, 0.6) is 0 Å². The van der Waals surface area contributed by atoms with Crippen LogP contribution in [0.25, 0.3) is 16.8 Å². The third-order valence-electron chi connectivity index (χ3n) is 3.19. The lowest BCUT2D eigenvalue weighted by Crippen LogP contribution is -2.12. The van der Waals surface area contributed by atoms with Crippen LogP contribution in [0.15, 0.2) is 30.9 Å². The maximum atomic E-state index is 13.1. The van der Waals surface area contributed by atoms with Crippen LogP contribution >= 0.6 is 0 Å². The molecule has 2 N–H and O–H groups in total. The molecule has 0 atom stereocenters. The van der Waals surface area contributed by atoms with Crippen LogP contribution < -0.4 is 5.73 Å². The van der Waals surface area contributed by atoms with Gasteiger partial charge in [-0.25, -0.2) is 9.50 Å². The largest absolute Gasteiger partial charge is 0.434 e. The number of pyridine rings is 1. The Kier molecular flexibility index (Phi) is 2.82. The van der Waals surface area contributed by atoms with E-state index in [0.29, 0.717) is 16.8 Å². The van der Waals surface area contributed by atoms with Crippen molar-refractivity contribution in [2.75, 3.05) is 5.73 Å². The molecule has 0 saturated carbocycles. The van der Waals surface area contributed by atoms with Gasteiger partial charge in [0.1, 0.15) is 11.8 Å². The van der Waals surface area contributed by atoms with Crippen molar-refractivity contribution in [1.29, 1.82) is 0 Å². The summed E-state index contributed by atoms with van der Waals surface area (Å²) in [6.45, 7) is 1.62. The average Bonchev–Trinajstić information content (AvgIpc) is 2.90. The van der Waals surface area contributed by atoms with E-state index >= 15 is 0 Å². The molecule has 3 aromatic heterocycles. The zero-order valence-corrected chi connectivity index (χ0v) is 10.9. The fourth-order valence-electron chi connectivity index (χ4n) is 2.14. The van der Waals surface area contributed by atoms with Crippen molar-refractivity contribution < 1.29 is 13.2 Å². The second kappa shape index (κ2) is 4.44. The van der Waals surface area contributed by atoms with Gasteiger partial charge < -0.3 is 5.73 Å². The van der Waals surface area contributed by atoms with E-state index in [1.807, 2.05) is 0 Å². The maximum absolute atomic E-state index is 13.1. The molecule has 5 nitrogen and oxygen atoms in total. The van der Waals surface area contributed by atoms with E-state index in [2.05, 4.69) is 15.1 Å². The molecule has 0 radical (unpaired) electrons. The van der Waals surface area contributed by atoms with Gasteiger partial charge in [-0.05, 0) is 19.1 Å². The molecule has 21 heavy (non-hydrogen) atoms. The Labute approximate surface area is 117 Å². The van der Waals surface area contributed by atoms with E-state index in [1.54, 1.807) is 6.92 Å². The molecule has 0 aliphatic rings. The standard InChI is InChI=1S/C13H10F3N5/c1-7-10(17)9-5-18-6-21(9)20-11(7)8-3-2-4-19-12(8)13(14,15)16/h2-6H,17H2,1H3. The first-order chi connectivity index (χ1) is 9.89. The van der Waals surface area contributed by atoms with Crippen LogP contribution in [0.1, 0.15) is 11.3 Å². The van der Waals surface area contributed by atoms with Gasteiger partial charge in [0.05, 0.1) is 17.6 Å². The highest BCUT2D eigenvalue weighted by Crippen LogP contribution is 2.37. The topological polar surface area (TPSA) is 69.1 Å². The molecule has 0 aliphatic heterocycles. The highest BCUT2D eigenvalue weighted by molar-refractivity contribution is 5.79. The summed E-state index contributed by atoms with van der Waals surface area (Å²) in [6, 6.07) is 2.76. The molecule has 3 aromatic rings. The van der Waals surface area contributed by atoms with Crippen LogP contribution in [0.3, 0.4) is 0 Å². The number of nitrogen functional groups attached to an aromatic ring is 1. The second-order valence-corrected chi connectivity index (χ2v) is 4.51. The Hall–Kier alpha value is -2.64. The first-order valence-corrected chi connectivity index (χ1v) is 6.00. The molecule has 0 unspecified atom stereocenters. The summed E-state index contributed by atoms with van der Waals surface area (Å²) < 4.78 is 40.6. The predicted molar refractivity (Wildman–Crippen MR) is 70.4 cm³/mol. The lowest BCUT2D eigenvalue weighted by molar-refractivity contribution is -0.140. The van der Waals surface area contributed by atoms with Crippen molar-refractivity contribution in [2.24, 2.45) is 0 Å². The Morgan fingerprint density at radius 1 is 1.29 bits per heavy atom. The fourth-order valence-corrected chi connectivity index (χ4v) is 2.14. The van der Waals surface area contributed by atoms with Crippen LogP contribution in [0.4, 0.5) is 18.9 Å². The first kappa shape index (κ1) is 13.3. The lowest BCUT2D eigenvalue weighted by atomic mass is 10.0. The molecule has 0 saturated heterocycles. The Bertz CT molecular complexity index is 822. The third kappa shape index (κ3) is 2.08. The number of fused-ring (bicyclic) bond motifs is 1. The smallest absolute Gasteiger partial charge is 0.397 e. The van der Waals surface area contributed by atoms with Gasteiger partial charge >= 0.3 is 6.18 Å². The van der Waals surface area contributed by atoms with Gasteiger partial charge in [-0.3, -0.25) is 4.98 Å². The number of hydrogen-bond acceptors (Lipinski definition) is 4. The van der Waals surface area contributed by atoms with E-state index in [4.69, 9.17) is 5.73 Å². The minimum Gasteiger partial charge on any atom is -0.397 e. The molecule has 3 rings (SSSR count). The first-order valence-electron chi connectivity index (χ1n) is 6.00. The quantitative estimate of drug-likeness (QED) is 0.749. The van der Waals surface area contributed by atoms with E-state index in [0.717, 1.165) is 6.20 Å². The van der Waals surface area contributed by atoms with Crippen LogP contribution in [-0.2, 0) is 6.18 Å². The van der Waals surface area contributed by atoms with Crippen molar-refractivity contribution in [3.63, 3.8) is 0 Å². The van der Waals surface area contributed by atoms with E-state index in [9.17, 15) is 13.2 Å². The minimum absolute atomic E-state index is 0.107. The zero-order chi connectivity index (χ0) is 15.2. The molecule has 0 aromatic carbocycles. The molecule has 0 amide bonds. The van der Waals surface area contributed by atoms with E-state index in [1.165, 1.54) is 29.2 Å². The van der Waals surface area contributed by atoms with Crippen LogP contribution in [0.2, 0.25) is 0 Å². The van der Waals surface area contributed by atoms with Gasteiger partial charge in [-0.2, -0.15) is 18.3 Å². The number of anilines is 1. The van der Waals surface area contributed by atoms with Gasteiger partial charge in [0.25, 0.3) is 0 Å². The Morgan fingerprint density at radius 2 is 2.05 bits per heavy atom. The maximum Gasteiger partial charge on any atom is 0.434 e. The van der Waals surface area contributed by atoms with Crippen LogP contribution in [-0.4, -0.2) is 19.6 Å². The van der Waals surface area contributed by atoms with Gasteiger partial charge in [0, 0.05) is 17.3 Å². The summed E-state index contributed by atoms with van der Waals surface area (Å²) in [5.74, 6) is 0. The monoisotopic (exact) mass is 293 g/mol. The van der Waals surface area contributed by atoms with Crippen LogP contribution in [0, 0.1) is 6.92 Å². The predicted octanol–water partition coefficient (Wildman–Crippen LogP) is 2.70. The number of rotatable bonds is 1. The normalized spacial score (nSPS) is 12.0. The van der Waals surface area contributed by atoms with Crippen molar-refractivity contribution in [3.8, 4) is 11.3 Å². The lowest BCUT2D eigenvalue weighted by Gasteiger charge is -2.14. The third-order valence-corrected chi connectivity index (χ3v) is 3.19. The number of nitrogens with two attached hydrogens (primary N) is 1. The summed E-state index contributed by atoms with van der Waals surface area (Å²) in [5, 5.41) is 4.17. The summed E-state index contributed by atoms with van der Waals surface area (Å²) in [6.07, 6.45) is -0.574. The van der Waals surface area contributed by atoms with Gasteiger partial charge in [-0.15, -0.1) is 0 Å². The summed E-state index contributed by atoms with van der Waals surface area (Å²) in [7, 11) is 0. The van der Waals surface area contributed by atoms with E-state index in [-0.39, 0.29) is 11.3 Å². The second-order valence-electron chi connectivity index (χ2n) is 4.51. The SMILES string of the molecule is Cc1c(-c2cccnc2C(F)(F)F)nn2cncc2c1N. The molecular weight excluding hydrogens is 283 g/mol. The number of nitrogens with zero attached hydrogens (tertiary/aromatic N) is 4. The molecule has 0 spiro atoms. The summed E-state index contributed by atoms with van der Waals surface area (Å²) in [5.41, 5.74) is 6.35. The number of aromatic nitrogens is 4. The molecular formula is C13H10F3N5. The molecule has 8 heteroatoms. The highest BCUT2D eigenvalue weighted by atomic mass is 19.4. The molecule has 0 aliphatic carbocycles. The van der Waals surface area contributed by atoms with Crippen molar-refractivity contribution in [2.45, 2.75) is 13.1 Å². The van der Waals surface area contributed by atoms with Crippen molar-refractivity contribution in [1.82, 2.24) is 19.6 Å². The highest BCUT2D eigenvalue weighted by Gasteiger charge is 2.36. The average molecular weight is 293 g/mol. The zero-order valence-electron chi connectivity index (χ0n) is 10.9. The fraction of sp³-hybridized carbons (Fsp3) is 0.154. The number of hydrogen-bond donors (Lipinski definition) is 1. The minimum atomic E-state index is -4.57. The number of imidazole rings is 1. The summed E-state index contributed by atoms with van der Waals surface area (Å²) in [4.78, 5) is 7.33.